The maximum Gasteiger partial charge on any atom is 0.222 e. The zero-order valence-corrected chi connectivity index (χ0v) is 12.1. The van der Waals surface area contributed by atoms with E-state index in [-0.39, 0.29) is 18.4 Å². The molecule has 2 atom stereocenters. The molecule has 21 heavy (non-hydrogen) atoms. The molecule has 1 aromatic rings. The van der Waals surface area contributed by atoms with E-state index < -0.39 is 11.9 Å². The molecule has 0 radical (unpaired) electrons. The van der Waals surface area contributed by atoms with Gasteiger partial charge in [0.05, 0.1) is 18.6 Å². The summed E-state index contributed by atoms with van der Waals surface area (Å²) in [5.41, 5.74) is 0.417. The van der Waals surface area contributed by atoms with E-state index in [0.29, 0.717) is 12.1 Å². The van der Waals surface area contributed by atoms with E-state index in [1.54, 1.807) is 6.07 Å². The standard InChI is InChI=1S/C16H22FNO3/c17-13-5-3-4-12(10-13)15(19)11-16(20)18-8-7-14-6-1-2-9-21-14/h3-5,10,14-15,19H,1-2,6-9,11H2,(H,18,20). The molecule has 2 N–H and O–H groups in total. The molecular formula is C16H22FNO3. The van der Waals surface area contributed by atoms with Crippen molar-refractivity contribution in [2.24, 2.45) is 0 Å². The second-order valence-corrected chi connectivity index (χ2v) is 5.40. The molecule has 5 heteroatoms. The molecule has 1 amide bonds. The van der Waals surface area contributed by atoms with Crippen molar-refractivity contribution in [1.29, 1.82) is 0 Å². The third-order valence-corrected chi connectivity index (χ3v) is 3.67. The van der Waals surface area contributed by atoms with Gasteiger partial charge in [-0.25, -0.2) is 4.39 Å². The molecule has 0 bridgehead atoms. The van der Waals surface area contributed by atoms with E-state index in [1.807, 2.05) is 0 Å². The number of hydrogen-bond acceptors (Lipinski definition) is 3. The SMILES string of the molecule is O=C(CC(O)c1cccc(F)c1)NCCC1CCCCO1. The van der Waals surface area contributed by atoms with Crippen molar-refractivity contribution in [2.45, 2.75) is 44.3 Å². The van der Waals surface area contributed by atoms with Gasteiger partial charge in [-0.05, 0) is 43.4 Å². The van der Waals surface area contributed by atoms with Crippen molar-refractivity contribution in [1.82, 2.24) is 5.32 Å². The van der Waals surface area contributed by atoms with Gasteiger partial charge in [0.1, 0.15) is 5.82 Å². The molecule has 2 rings (SSSR count). The van der Waals surface area contributed by atoms with E-state index in [4.69, 9.17) is 4.74 Å². The highest BCUT2D eigenvalue weighted by Crippen LogP contribution is 2.18. The lowest BCUT2D eigenvalue weighted by Crippen LogP contribution is -2.30. The van der Waals surface area contributed by atoms with Crippen LogP contribution in [0.25, 0.3) is 0 Å². The number of aliphatic hydroxyl groups excluding tert-OH is 1. The van der Waals surface area contributed by atoms with Crippen LogP contribution in [0.5, 0.6) is 0 Å². The molecule has 1 fully saturated rings. The number of amides is 1. The van der Waals surface area contributed by atoms with Gasteiger partial charge in [-0.2, -0.15) is 0 Å². The van der Waals surface area contributed by atoms with Crippen molar-refractivity contribution >= 4 is 5.91 Å². The number of nitrogens with one attached hydrogen (secondary N) is 1. The topological polar surface area (TPSA) is 58.6 Å². The van der Waals surface area contributed by atoms with Crippen molar-refractivity contribution in [3.05, 3.63) is 35.6 Å². The van der Waals surface area contributed by atoms with Crippen LogP contribution < -0.4 is 5.32 Å². The van der Waals surface area contributed by atoms with Crippen LogP contribution in [-0.4, -0.2) is 30.3 Å². The average Bonchev–Trinajstić information content (AvgIpc) is 2.48. The molecule has 1 heterocycles. The number of carbonyl (C=O) groups excluding carboxylic acids is 1. The first kappa shape index (κ1) is 15.9. The fourth-order valence-corrected chi connectivity index (χ4v) is 2.49. The van der Waals surface area contributed by atoms with Crippen LogP contribution in [0, 0.1) is 5.82 Å². The van der Waals surface area contributed by atoms with Gasteiger partial charge >= 0.3 is 0 Å². The Morgan fingerprint density at radius 2 is 2.33 bits per heavy atom. The summed E-state index contributed by atoms with van der Waals surface area (Å²) in [5, 5.41) is 12.7. The van der Waals surface area contributed by atoms with Gasteiger partial charge < -0.3 is 15.2 Å². The Balaban J connectivity index is 1.69. The van der Waals surface area contributed by atoms with Gasteiger partial charge in [0.2, 0.25) is 5.91 Å². The highest BCUT2D eigenvalue weighted by Gasteiger charge is 2.16. The number of ether oxygens (including phenoxy) is 1. The number of aliphatic hydroxyl groups is 1. The fraction of sp³-hybridized carbons (Fsp3) is 0.562. The summed E-state index contributed by atoms with van der Waals surface area (Å²) in [4.78, 5) is 11.7. The predicted octanol–water partition coefficient (Wildman–Crippen LogP) is 2.32. The highest BCUT2D eigenvalue weighted by molar-refractivity contribution is 5.76. The number of hydrogen-bond donors (Lipinski definition) is 2. The molecule has 4 nitrogen and oxygen atoms in total. The largest absolute Gasteiger partial charge is 0.388 e. The van der Waals surface area contributed by atoms with E-state index in [2.05, 4.69) is 5.32 Å². The Hall–Kier alpha value is -1.46. The molecule has 1 aliphatic rings. The maximum atomic E-state index is 13.0. The van der Waals surface area contributed by atoms with Crippen molar-refractivity contribution < 1.29 is 19.0 Å². The van der Waals surface area contributed by atoms with Crippen LogP contribution in [0.15, 0.2) is 24.3 Å². The van der Waals surface area contributed by atoms with Crippen LogP contribution in [0.2, 0.25) is 0 Å². The Morgan fingerprint density at radius 3 is 3.05 bits per heavy atom. The lowest BCUT2D eigenvalue weighted by atomic mass is 10.1. The summed E-state index contributed by atoms with van der Waals surface area (Å²) in [7, 11) is 0. The quantitative estimate of drug-likeness (QED) is 0.847. The number of halogens is 1. The van der Waals surface area contributed by atoms with Crippen LogP contribution >= 0.6 is 0 Å². The minimum absolute atomic E-state index is 0.0605. The molecule has 1 saturated heterocycles. The van der Waals surface area contributed by atoms with E-state index >= 15 is 0 Å². The molecule has 2 unspecified atom stereocenters. The summed E-state index contributed by atoms with van der Waals surface area (Å²) in [6.45, 7) is 1.34. The number of benzene rings is 1. The first-order valence-electron chi connectivity index (χ1n) is 7.47. The lowest BCUT2D eigenvalue weighted by Gasteiger charge is -2.22. The smallest absolute Gasteiger partial charge is 0.222 e. The van der Waals surface area contributed by atoms with Crippen LogP contribution in [0.4, 0.5) is 4.39 Å². The molecule has 0 saturated carbocycles. The fourth-order valence-electron chi connectivity index (χ4n) is 2.49. The lowest BCUT2D eigenvalue weighted by molar-refractivity contribution is -0.123. The van der Waals surface area contributed by atoms with Crippen molar-refractivity contribution in [3.63, 3.8) is 0 Å². The summed E-state index contributed by atoms with van der Waals surface area (Å²) in [6, 6.07) is 5.68. The molecule has 0 aliphatic carbocycles. The van der Waals surface area contributed by atoms with Crippen LogP contribution in [0.3, 0.4) is 0 Å². The second-order valence-electron chi connectivity index (χ2n) is 5.40. The Bertz CT molecular complexity index is 461. The first-order valence-corrected chi connectivity index (χ1v) is 7.47. The average molecular weight is 295 g/mol. The van der Waals surface area contributed by atoms with Crippen molar-refractivity contribution in [2.75, 3.05) is 13.2 Å². The zero-order chi connectivity index (χ0) is 15.1. The van der Waals surface area contributed by atoms with Gasteiger partial charge in [0.25, 0.3) is 0 Å². The summed E-state index contributed by atoms with van der Waals surface area (Å²) in [5.74, 6) is -0.649. The third-order valence-electron chi connectivity index (χ3n) is 3.67. The minimum Gasteiger partial charge on any atom is -0.388 e. The normalized spacial score (nSPS) is 20.0. The van der Waals surface area contributed by atoms with E-state index in [1.165, 1.54) is 24.6 Å². The monoisotopic (exact) mass is 295 g/mol. The van der Waals surface area contributed by atoms with Gasteiger partial charge in [-0.3, -0.25) is 4.79 Å². The summed E-state index contributed by atoms with van der Waals surface area (Å²) in [6.07, 6.45) is 3.32. The molecule has 0 spiro atoms. The minimum atomic E-state index is -0.980. The molecule has 0 aromatic heterocycles. The van der Waals surface area contributed by atoms with Crippen LogP contribution in [-0.2, 0) is 9.53 Å². The number of carbonyl (C=O) groups is 1. The van der Waals surface area contributed by atoms with E-state index in [0.717, 1.165) is 25.9 Å². The Kier molecular flexibility index (Phi) is 6.14. The number of rotatable bonds is 6. The van der Waals surface area contributed by atoms with E-state index in [9.17, 15) is 14.3 Å². The maximum absolute atomic E-state index is 13.0. The second kappa shape index (κ2) is 8.10. The first-order chi connectivity index (χ1) is 10.1. The van der Waals surface area contributed by atoms with Gasteiger partial charge in [-0.1, -0.05) is 12.1 Å². The molecule has 116 valence electrons. The highest BCUT2D eigenvalue weighted by atomic mass is 19.1. The molecule has 1 aromatic carbocycles. The predicted molar refractivity (Wildman–Crippen MR) is 77.2 cm³/mol. The van der Waals surface area contributed by atoms with Crippen LogP contribution in [0.1, 0.15) is 43.8 Å². The Morgan fingerprint density at radius 1 is 1.48 bits per heavy atom. The van der Waals surface area contributed by atoms with Gasteiger partial charge in [0, 0.05) is 13.2 Å². The third kappa shape index (κ3) is 5.44. The summed E-state index contributed by atoms with van der Waals surface area (Å²) < 4.78 is 18.6. The molecule has 1 aliphatic heterocycles. The van der Waals surface area contributed by atoms with Gasteiger partial charge in [0.15, 0.2) is 0 Å². The zero-order valence-electron chi connectivity index (χ0n) is 12.1. The van der Waals surface area contributed by atoms with Crippen molar-refractivity contribution in [3.8, 4) is 0 Å². The Labute approximate surface area is 124 Å². The van der Waals surface area contributed by atoms with Gasteiger partial charge in [-0.15, -0.1) is 0 Å². The summed E-state index contributed by atoms with van der Waals surface area (Å²) >= 11 is 0. The molecular weight excluding hydrogens is 273 g/mol.